The quantitative estimate of drug-likeness (QED) is 0.762. The van der Waals surface area contributed by atoms with Crippen molar-refractivity contribution in [1.82, 2.24) is 4.90 Å². The Balaban J connectivity index is 1.97. The zero-order valence-electron chi connectivity index (χ0n) is 15.6. The van der Waals surface area contributed by atoms with Gasteiger partial charge in [0.05, 0.1) is 19.3 Å². The number of imide groups is 1. The molecule has 0 saturated heterocycles. The summed E-state index contributed by atoms with van der Waals surface area (Å²) in [6, 6.07) is 14.4. The fraction of sp³-hybridized carbons (Fsp3) is 0.238. The minimum absolute atomic E-state index is 0.250. The predicted octanol–water partition coefficient (Wildman–Crippen LogP) is 3.31. The molecule has 0 radical (unpaired) electrons. The summed E-state index contributed by atoms with van der Waals surface area (Å²) in [5.74, 6) is 0.676. The highest BCUT2D eigenvalue weighted by Crippen LogP contribution is 2.31. The summed E-state index contributed by atoms with van der Waals surface area (Å²) in [6.07, 6.45) is 0.905. The number of nitrogens with zero attached hydrogens (tertiary/aromatic N) is 1. The minimum Gasteiger partial charge on any atom is -0.497 e. The van der Waals surface area contributed by atoms with E-state index < -0.39 is 0 Å². The van der Waals surface area contributed by atoms with Crippen molar-refractivity contribution in [2.75, 3.05) is 26.1 Å². The largest absolute Gasteiger partial charge is 0.497 e. The number of likely N-dealkylation sites (N-methyl/N-ethyl adjacent to an activating group) is 1. The normalized spacial score (nSPS) is 14.0. The Morgan fingerprint density at radius 2 is 1.74 bits per heavy atom. The number of ether oxygens (including phenoxy) is 2. The summed E-state index contributed by atoms with van der Waals surface area (Å²) in [4.78, 5) is 26.4. The second-order valence-corrected chi connectivity index (χ2v) is 6.15. The molecule has 3 rings (SSSR count). The molecule has 27 heavy (non-hydrogen) atoms. The smallest absolute Gasteiger partial charge is 0.277 e. The Bertz CT molecular complexity index is 887. The first-order valence-electron chi connectivity index (χ1n) is 8.76. The first-order chi connectivity index (χ1) is 13.0. The maximum Gasteiger partial charge on any atom is 0.277 e. The van der Waals surface area contributed by atoms with Crippen LogP contribution in [0.3, 0.4) is 0 Å². The molecular formula is C21H22N2O4. The standard InChI is InChI=1S/C21H22N2O4/c1-4-12-27-17-7-5-6-15(13-17)22-19-18(20(24)23(2)21(19)25)14-8-10-16(26-3)11-9-14/h5-11,13,22H,4,12H2,1-3H3. The summed E-state index contributed by atoms with van der Waals surface area (Å²) in [7, 11) is 3.05. The highest BCUT2D eigenvalue weighted by Gasteiger charge is 2.36. The van der Waals surface area contributed by atoms with Crippen LogP contribution in [0.1, 0.15) is 18.9 Å². The lowest BCUT2D eigenvalue weighted by Gasteiger charge is -2.11. The van der Waals surface area contributed by atoms with E-state index in [1.165, 1.54) is 7.05 Å². The number of methoxy groups -OCH3 is 1. The van der Waals surface area contributed by atoms with Crippen LogP contribution < -0.4 is 14.8 Å². The van der Waals surface area contributed by atoms with Gasteiger partial charge in [-0.3, -0.25) is 14.5 Å². The number of carbonyl (C=O) groups is 2. The van der Waals surface area contributed by atoms with Crippen LogP contribution in [-0.2, 0) is 9.59 Å². The second kappa shape index (κ2) is 7.95. The zero-order chi connectivity index (χ0) is 19.4. The number of amides is 2. The first kappa shape index (κ1) is 18.5. The topological polar surface area (TPSA) is 67.9 Å². The van der Waals surface area contributed by atoms with E-state index in [0.717, 1.165) is 11.3 Å². The van der Waals surface area contributed by atoms with Gasteiger partial charge in [-0.05, 0) is 36.2 Å². The molecule has 6 nitrogen and oxygen atoms in total. The third-order valence-electron chi connectivity index (χ3n) is 4.24. The summed E-state index contributed by atoms with van der Waals surface area (Å²) < 4.78 is 10.8. The fourth-order valence-corrected chi connectivity index (χ4v) is 2.81. The molecule has 140 valence electrons. The van der Waals surface area contributed by atoms with E-state index in [2.05, 4.69) is 5.32 Å². The zero-order valence-corrected chi connectivity index (χ0v) is 15.6. The summed E-state index contributed by atoms with van der Waals surface area (Å²) in [5, 5.41) is 3.10. The number of nitrogens with one attached hydrogen (secondary N) is 1. The maximum atomic E-state index is 12.6. The molecule has 0 aromatic heterocycles. The number of hydrogen-bond acceptors (Lipinski definition) is 5. The molecule has 1 aliphatic rings. The summed E-state index contributed by atoms with van der Waals surface area (Å²) >= 11 is 0. The number of hydrogen-bond donors (Lipinski definition) is 1. The van der Waals surface area contributed by atoms with Gasteiger partial charge in [0.2, 0.25) is 0 Å². The molecule has 0 bridgehead atoms. The highest BCUT2D eigenvalue weighted by atomic mass is 16.5. The van der Waals surface area contributed by atoms with Gasteiger partial charge in [0.1, 0.15) is 17.2 Å². The van der Waals surface area contributed by atoms with Gasteiger partial charge in [0.15, 0.2) is 0 Å². The van der Waals surface area contributed by atoms with Crippen LogP contribution in [0, 0.1) is 0 Å². The Labute approximate surface area is 158 Å². The average Bonchev–Trinajstić information content (AvgIpc) is 2.90. The van der Waals surface area contributed by atoms with E-state index in [1.807, 2.05) is 31.2 Å². The minimum atomic E-state index is -0.370. The van der Waals surface area contributed by atoms with Gasteiger partial charge in [-0.15, -0.1) is 0 Å². The van der Waals surface area contributed by atoms with Gasteiger partial charge in [0.25, 0.3) is 11.8 Å². The average molecular weight is 366 g/mol. The van der Waals surface area contributed by atoms with Crippen molar-refractivity contribution in [1.29, 1.82) is 0 Å². The van der Waals surface area contributed by atoms with E-state index in [1.54, 1.807) is 31.4 Å². The number of anilines is 1. The van der Waals surface area contributed by atoms with Gasteiger partial charge in [-0.25, -0.2) is 0 Å². The van der Waals surface area contributed by atoms with E-state index in [0.29, 0.717) is 34.9 Å². The third kappa shape index (κ3) is 3.79. The highest BCUT2D eigenvalue weighted by molar-refractivity contribution is 6.36. The molecule has 0 saturated carbocycles. The molecule has 2 aromatic carbocycles. The molecule has 0 aliphatic carbocycles. The Morgan fingerprint density at radius 1 is 1.00 bits per heavy atom. The molecule has 2 amide bonds. The summed E-state index contributed by atoms with van der Waals surface area (Å²) in [5.41, 5.74) is 1.92. The van der Waals surface area contributed by atoms with Gasteiger partial charge < -0.3 is 14.8 Å². The third-order valence-corrected chi connectivity index (χ3v) is 4.24. The van der Waals surface area contributed by atoms with Crippen LogP contribution >= 0.6 is 0 Å². The van der Waals surface area contributed by atoms with Gasteiger partial charge >= 0.3 is 0 Å². The number of rotatable bonds is 7. The molecule has 0 atom stereocenters. The molecule has 0 spiro atoms. The molecule has 0 unspecified atom stereocenters. The molecule has 6 heteroatoms. The van der Waals surface area contributed by atoms with Crippen molar-refractivity contribution in [3.63, 3.8) is 0 Å². The molecule has 1 heterocycles. The van der Waals surface area contributed by atoms with Crippen LogP contribution in [0.2, 0.25) is 0 Å². The van der Waals surface area contributed by atoms with E-state index >= 15 is 0 Å². The van der Waals surface area contributed by atoms with Crippen LogP contribution in [-0.4, -0.2) is 37.5 Å². The SMILES string of the molecule is CCCOc1cccc(NC2=C(c3ccc(OC)cc3)C(=O)N(C)C2=O)c1. The molecule has 0 fully saturated rings. The fourth-order valence-electron chi connectivity index (χ4n) is 2.81. The van der Waals surface area contributed by atoms with Crippen molar-refractivity contribution in [3.05, 3.63) is 59.8 Å². The van der Waals surface area contributed by atoms with Crippen LogP contribution in [0.25, 0.3) is 5.57 Å². The first-order valence-corrected chi connectivity index (χ1v) is 8.76. The Hall–Kier alpha value is -3.28. The maximum absolute atomic E-state index is 12.6. The lowest BCUT2D eigenvalue weighted by Crippen LogP contribution is -2.27. The molecule has 1 aliphatic heterocycles. The molecule has 1 N–H and O–H groups in total. The van der Waals surface area contributed by atoms with Crippen molar-refractivity contribution < 1.29 is 19.1 Å². The Morgan fingerprint density at radius 3 is 2.41 bits per heavy atom. The molecular weight excluding hydrogens is 344 g/mol. The lowest BCUT2D eigenvalue weighted by atomic mass is 10.0. The number of carbonyl (C=O) groups excluding carboxylic acids is 2. The van der Waals surface area contributed by atoms with Crippen LogP contribution in [0.15, 0.2) is 54.2 Å². The van der Waals surface area contributed by atoms with Gasteiger partial charge in [-0.1, -0.05) is 25.1 Å². The van der Waals surface area contributed by atoms with Crippen molar-refractivity contribution in [2.45, 2.75) is 13.3 Å². The molecule has 2 aromatic rings. The van der Waals surface area contributed by atoms with Gasteiger partial charge in [-0.2, -0.15) is 0 Å². The van der Waals surface area contributed by atoms with E-state index in [9.17, 15) is 9.59 Å². The monoisotopic (exact) mass is 366 g/mol. The second-order valence-electron chi connectivity index (χ2n) is 6.15. The summed E-state index contributed by atoms with van der Waals surface area (Å²) in [6.45, 7) is 2.65. The van der Waals surface area contributed by atoms with E-state index in [4.69, 9.17) is 9.47 Å². The van der Waals surface area contributed by atoms with Crippen molar-refractivity contribution >= 4 is 23.1 Å². The van der Waals surface area contributed by atoms with E-state index in [-0.39, 0.29) is 17.5 Å². The van der Waals surface area contributed by atoms with Crippen molar-refractivity contribution in [2.24, 2.45) is 0 Å². The lowest BCUT2D eigenvalue weighted by molar-refractivity contribution is -0.135. The van der Waals surface area contributed by atoms with Crippen LogP contribution in [0.5, 0.6) is 11.5 Å². The number of benzene rings is 2. The van der Waals surface area contributed by atoms with Crippen LogP contribution in [0.4, 0.5) is 5.69 Å². The Kier molecular flexibility index (Phi) is 5.45. The van der Waals surface area contributed by atoms with Gasteiger partial charge in [0, 0.05) is 18.8 Å². The van der Waals surface area contributed by atoms with Crippen molar-refractivity contribution in [3.8, 4) is 11.5 Å². The predicted molar refractivity (Wildman–Crippen MR) is 104 cm³/mol.